The Balaban J connectivity index is 1.63. The lowest BCUT2D eigenvalue weighted by Gasteiger charge is -2.03. The summed E-state index contributed by atoms with van der Waals surface area (Å²) in [6, 6.07) is 12.9. The van der Waals surface area contributed by atoms with Crippen molar-refractivity contribution in [2.45, 2.75) is 6.92 Å². The van der Waals surface area contributed by atoms with Crippen molar-refractivity contribution in [3.8, 4) is 0 Å². The average molecular weight is 293 g/mol. The molecule has 6 nitrogen and oxygen atoms in total. The van der Waals surface area contributed by atoms with E-state index in [1.807, 2.05) is 43.3 Å². The number of carbonyl (C=O) groups excluding carboxylic acids is 1. The predicted molar refractivity (Wildman–Crippen MR) is 84.5 cm³/mol. The molecule has 1 heterocycles. The molecule has 2 aromatic carbocycles. The molecule has 1 aliphatic heterocycles. The molecule has 0 atom stereocenters. The topological polar surface area (TPSA) is 78.2 Å². The van der Waals surface area contributed by atoms with E-state index in [1.54, 1.807) is 12.3 Å². The van der Waals surface area contributed by atoms with E-state index in [4.69, 9.17) is 0 Å². The van der Waals surface area contributed by atoms with Gasteiger partial charge in [-0.25, -0.2) is 10.2 Å². The SMILES string of the molecule is Cc1ccc(/C=N/NC(=O)Nc2cccc3c2=NCN=3)cc1. The van der Waals surface area contributed by atoms with Crippen molar-refractivity contribution >= 4 is 17.9 Å². The molecular weight excluding hydrogens is 278 g/mol. The van der Waals surface area contributed by atoms with Gasteiger partial charge in [0.15, 0.2) is 0 Å². The molecule has 0 bridgehead atoms. The van der Waals surface area contributed by atoms with Crippen LogP contribution in [0.2, 0.25) is 0 Å². The molecule has 22 heavy (non-hydrogen) atoms. The van der Waals surface area contributed by atoms with Crippen LogP contribution in [0.5, 0.6) is 0 Å². The second-order valence-electron chi connectivity index (χ2n) is 4.87. The highest BCUT2D eigenvalue weighted by Crippen LogP contribution is 2.00. The van der Waals surface area contributed by atoms with Gasteiger partial charge < -0.3 is 5.32 Å². The number of nitrogens with zero attached hydrogens (tertiary/aromatic N) is 3. The Labute approximate surface area is 127 Å². The van der Waals surface area contributed by atoms with Crippen molar-refractivity contribution in [1.29, 1.82) is 0 Å². The predicted octanol–water partition coefficient (Wildman–Crippen LogP) is 1.36. The second-order valence-corrected chi connectivity index (χ2v) is 4.87. The number of nitrogens with one attached hydrogen (secondary N) is 2. The minimum Gasteiger partial charge on any atom is -0.304 e. The number of hydrogen-bond donors (Lipinski definition) is 2. The third-order valence-electron chi connectivity index (χ3n) is 3.19. The molecule has 0 saturated carbocycles. The standard InChI is InChI=1S/C16H15N5O/c1-11-5-7-12(8-6-11)9-19-21-16(22)20-14-4-2-3-13-15(14)18-10-17-13/h2-9H,10H2,1H3,(H2,20,21,22)/b19-9+. The zero-order chi connectivity index (χ0) is 15.4. The van der Waals surface area contributed by atoms with Gasteiger partial charge in [-0.1, -0.05) is 35.9 Å². The highest BCUT2D eigenvalue weighted by Gasteiger charge is 2.05. The van der Waals surface area contributed by atoms with E-state index in [0.29, 0.717) is 17.7 Å². The van der Waals surface area contributed by atoms with Crippen LogP contribution in [-0.4, -0.2) is 18.9 Å². The molecule has 0 spiro atoms. The van der Waals surface area contributed by atoms with E-state index >= 15 is 0 Å². The molecule has 2 amide bonds. The van der Waals surface area contributed by atoms with Crippen LogP contribution in [0.15, 0.2) is 57.6 Å². The number of amides is 2. The number of carbonyl (C=O) groups is 1. The summed E-state index contributed by atoms with van der Waals surface area (Å²) in [5.74, 6) is 0. The molecule has 2 aromatic rings. The van der Waals surface area contributed by atoms with E-state index in [2.05, 4.69) is 25.8 Å². The van der Waals surface area contributed by atoms with Crippen molar-refractivity contribution in [3.05, 3.63) is 64.3 Å². The normalized spacial score (nSPS) is 12.4. The molecule has 0 saturated heterocycles. The largest absolute Gasteiger partial charge is 0.339 e. The van der Waals surface area contributed by atoms with Crippen LogP contribution in [0.1, 0.15) is 11.1 Å². The van der Waals surface area contributed by atoms with E-state index in [0.717, 1.165) is 10.9 Å². The fraction of sp³-hybridized carbons (Fsp3) is 0.125. The van der Waals surface area contributed by atoms with E-state index < -0.39 is 6.03 Å². The van der Waals surface area contributed by atoms with Crippen molar-refractivity contribution in [2.75, 3.05) is 12.0 Å². The number of hydrazone groups is 1. The molecule has 2 N–H and O–H groups in total. The molecule has 110 valence electrons. The summed E-state index contributed by atoms with van der Waals surface area (Å²) in [6.45, 7) is 2.42. The number of urea groups is 1. The fourth-order valence-electron chi connectivity index (χ4n) is 2.08. The zero-order valence-corrected chi connectivity index (χ0v) is 12.1. The quantitative estimate of drug-likeness (QED) is 0.650. The lowest BCUT2D eigenvalue weighted by molar-refractivity contribution is 0.252. The van der Waals surface area contributed by atoms with Gasteiger partial charge in [-0.3, -0.25) is 9.98 Å². The average Bonchev–Trinajstić information content (AvgIpc) is 2.99. The van der Waals surface area contributed by atoms with E-state index in [9.17, 15) is 4.79 Å². The van der Waals surface area contributed by atoms with Crippen LogP contribution in [-0.2, 0) is 0 Å². The van der Waals surface area contributed by atoms with Gasteiger partial charge in [0.2, 0.25) is 0 Å². The molecule has 3 rings (SSSR count). The first-order valence-electron chi connectivity index (χ1n) is 6.87. The molecule has 6 heteroatoms. The number of fused-ring (bicyclic) bond motifs is 1. The van der Waals surface area contributed by atoms with Gasteiger partial charge >= 0.3 is 6.03 Å². The monoisotopic (exact) mass is 293 g/mol. The van der Waals surface area contributed by atoms with Crippen molar-refractivity contribution in [1.82, 2.24) is 5.43 Å². The summed E-state index contributed by atoms with van der Waals surface area (Å²) in [7, 11) is 0. The maximum absolute atomic E-state index is 11.8. The first kappa shape index (κ1) is 13.9. The first-order valence-corrected chi connectivity index (χ1v) is 6.87. The lowest BCUT2D eigenvalue weighted by atomic mass is 10.2. The zero-order valence-electron chi connectivity index (χ0n) is 12.1. The van der Waals surface area contributed by atoms with Crippen molar-refractivity contribution in [3.63, 3.8) is 0 Å². The summed E-state index contributed by atoms with van der Waals surface area (Å²) < 4.78 is 0. The van der Waals surface area contributed by atoms with Gasteiger partial charge in [0.05, 0.1) is 17.3 Å². The summed E-state index contributed by atoms with van der Waals surface area (Å²) in [5, 5.41) is 8.14. The van der Waals surface area contributed by atoms with Crippen LogP contribution in [0, 0.1) is 6.92 Å². The van der Waals surface area contributed by atoms with Gasteiger partial charge in [-0.2, -0.15) is 5.10 Å². The van der Waals surface area contributed by atoms with Gasteiger partial charge in [0.25, 0.3) is 0 Å². The van der Waals surface area contributed by atoms with Crippen LogP contribution >= 0.6 is 0 Å². The smallest absolute Gasteiger partial charge is 0.304 e. The van der Waals surface area contributed by atoms with Gasteiger partial charge in [-0.15, -0.1) is 0 Å². The van der Waals surface area contributed by atoms with Crippen LogP contribution in [0.4, 0.5) is 10.5 Å². The Morgan fingerprint density at radius 2 is 2.00 bits per heavy atom. The molecule has 0 aromatic heterocycles. The van der Waals surface area contributed by atoms with E-state index in [1.165, 1.54) is 5.56 Å². The Kier molecular flexibility index (Phi) is 3.91. The summed E-state index contributed by atoms with van der Waals surface area (Å²) in [4.78, 5) is 20.3. The third-order valence-corrected chi connectivity index (χ3v) is 3.19. The number of rotatable bonds is 3. The molecule has 0 unspecified atom stereocenters. The van der Waals surface area contributed by atoms with Crippen molar-refractivity contribution in [2.24, 2.45) is 15.1 Å². The minimum atomic E-state index is -0.418. The maximum Gasteiger partial charge on any atom is 0.339 e. The minimum absolute atomic E-state index is 0.404. The van der Waals surface area contributed by atoms with Crippen molar-refractivity contribution < 1.29 is 4.79 Å². The van der Waals surface area contributed by atoms with Crippen LogP contribution in [0.3, 0.4) is 0 Å². The number of hydrogen-bond acceptors (Lipinski definition) is 4. The first-order chi connectivity index (χ1) is 10.7. The molecule has 1 aliphatic rings. The Bertz CT molecular complexity index is 840. The third kappa shape index (κ3) is 3.17. The summed E-state index contributed by atoms with van der Waals surface area (Å²) >= 11 is 0. The van der Waals surface area contributed by atoms with Gasteiger partial charge in [-0.05, 0) is 24.6 Å². The fourth-order valence-corrected chi connectivity index (χ4v) is 2.08. The van der Waals surface area contributed by atoms with Gasteiger partial charge in [0.1, 0.15) is 12.0 Å². The molecule has 0 fully saturated rings. The lowest BCUT2D eigenvalue weighted by Crippen LogP contribution is -2.31. The number of benzene rings is 2. The molecule has 0 aliphatic carbocycles. The Morgan fingerprint density at radius 1 is 1.18 bits per heavy atom. The number of para-hydroxylation sites is 1. The summed E-state index contributed by atoms with van der Waals surface area (Å²) in [5.41, 5.74) is 5.15. The highest BCUT2D eigenvalue weighted by molar-refractivity contribution is 5.90. The Morgan fingerprint density at radius 3 is 2.82 bits per heavy atom. The highest BCUT2D eigenvalue weighted by atomic mass is 16.2. The summed E-state index contributed by atoms with van der Waals surface area (Å²) in [6.07, 6.45) is 1.59. The van der Waals surface area contributed by atoms with Crippen LogP contribution in [0.25, 0.3) is 0 Å². The number of aryl methyl sites for hydroxylation is 1. The molecule has 0 radical (unpaired) electrons. The second kappa shape index (κ2) is 6.17. The van der Waals surface area contributed by atoms with E-state index in [-0.39, 0.29) is 0 Å². The maximum atomic E-state index is 11.8. The van der Waals surface area contributed by atoms with Crippen LogP contribution < -0.4 is 21.5 Å². The van der Waals surface area contributed by atoms with Gasteiger partial charge in [0, 0.05) is 0 Å². The molecular formula is C16H15N5O. The Hall–Kier alpha value is -3.02. The number of anilines is 1.